The van der Waals surface area contributed by atoms with E-state index in [0.717, 1.165) is 0 Å². The van der Waals surface area contributed by atoms with Gasteiger partial charge in [0.05, 0.1) is 11.6 Å². The molecule has 1 heterocycles. The van der Waals surface area contributed by atoms with E-state index in [9.17, 15) is 19.8 Å². The number of aromatic hydroxyl groups is 1. The molecule has 29 heavy (non-hydrogen) atoms. The number of rotatable bonds is 7. The van der Waals surface area contributed by atoms with Crippen LogP contribution in [-0.4, -0.2) is 40.0 Å². The number of phenolic OH excluding ortho intramolecular Hbond substituents is 1. The Labute approximate surface area is 168 Å². The van der Waals surface area contributed by atoms with Crippen molar-refractivity contribution in [1.29, 1.82) is 0 Å². The van der Waals surface area contributed by atoms with E-state index in [1.165, 1.54) is 23.1 Å². The molecule has 1 unspecified atom stereocenters. The predicted octanol–water partition coefficient (Wildman–Crippen LogP) is 3.56. The third-order valence-electron chi connectivity index (χ3n) is 4.57. The van der Waals surface area contributed by atoms with Gasteiger partial charge in [-0.25, -0.2) is 0 Å². The molecular weight excluding hydrogens is 370 g/mol. The molecule has 0 bridgehead atoms. The summed E-state index contributed by atoms with van der Waals surface area (Å²) in [5.74, 6) is -1.11. The van der Waals surface area contributed by atoms with Crippen molar-refractivity contribution in [3.63, 3.8) is 0 Å². The van der Waals surface area contributed by atoms with Crippen LogP contribution < -0.4 is 4.74 Å². The summed E-state index contributed by atoms with van der Waals surface area (Å²) < 4.78 is 5.42. The van der Waals surface area contributed by atoms with Crippen molar-refractivity contribution < 1.29 is 24.5 Å². The Morgan fingerprint density at radius 1 is 1.03 bits per heavy atom. The molecule has 0 saturated carbocycles. The second kappa shape index (κ2) is 8.48. The van der Waals surface area contributed by atoms with E-state index in [4.69, 9.17) is 4.74 Å². The monoisotopic (exact) mass is 391 g/mol. The highest BCUT2D eigenvalue weighted by atomic mass is 16.5. The number of Topliss-reactive ketones (excluding diaryl/α,β-unsaturated/α-hetero) is 1. The normalized spacial score (nSPS) is 17.9. The van der Waals surface area contributed by atoms with E-state index in [-0.39, 0.29) is 23.6 Å². The number of aliphatic hydroxyl groups is 1. The molecule has 0 spiro atoms. The number of carbonyl (C=O) groups is 2. The zero-order chi connectivity index (χ0) is 21.0. The highest BCUT2D eigenvalue weighted by Gasteiger charge is 2.45. The van der Waals surface area contributed by atoms with Gasteiger partial charge in [0.2, 0.25) is 0 Å². The van der Waals surface area contributed by atoms with Crippen LogP contribution in [0.1, 0.15) is 17.2 Å². The first kappa shape index (κ1) is 19.9. The van der Waals surface area contributed by atoms with E-state index in [1.807, 2.05) is 0 Å². The summed E-state index contributed by atoms with van der Waals surface area (Å²) in [6.07, 6.45) is 3.14. The Morgan fingerprint density at radius 2 is 1.69 bits per heavy atom. The van der Waals surface area contributed by atoms with Gasteiger partial charge in [0.25, 0.3) is 11.7 Å². The summed E-state index contributed by atoms with van der Waals surface area (Å²) in [6.45, 7) is 7.71. The van der Waals surface area contributed by atoms with Gasteiger partial charge in [0, 0.05) is 12.1 Å². The van der Waals surface area contributed by atoms with E-state index in [0.29, 0.717) is 23.5 Å². The first-order chi connectivity index (χ1) is 14.0. The van der Waals surface area contributed by atoms with Crippen LogP contribution in [-0.2, 0) is 9.59 Å². The molecule has 0 aromatic heterocycles. The Balaban J connectivity index is 2.08. The predicted molar refractivity (Wildman–Crippen MR) is 109 cm³/mol. The molecule has 1 aliphatic heterocycles. The first-order valence-corrected chi connectivity index (χ1v) is 9.00. The lowest BCUT2D eigenvalue weighted by molar-refractivity contribution is -0.139. The largest absolute Gasteiger partial charge is 0.508 e. The molecule has 2 aromatic rings. The van der Waals surface area contributed by atoms with Crippen molar-refractivity contribution >= 4 is 17.4 Å². The Hall–Kier alpha value is -3.80. The van der Waals surface area contributed by atoms with Gasteiger partial charge in [0.15, 0.2) is 0 Å². The molecular formula is C23H21NO5. The standard InChI is InChI=1S/C23H21NO5/c1-3-13-24-20(15-5-9-17(25)10-6-15)19(22(27)23(24)28)21(26)16-7-11-18(12-8-16)29-14-4-2/h3-12,20,25-26H,1-2,13-14H2/b21-19-. The van der Waals surface area contributed by atoms with Crippen LogP contribution in [0, 0.1) is 0 Å². The zero-order valence-corrected chi connectivity index (χ0v) is 15.7. The lowest BCUT2D eigenvalue weighted by Crippen LogP contribution is -2.29. The molecule has 1 fully saturated rings. The molecule has 0 radical (unpaired) electrons. The molecule has 148 valence electrons. The van der Waals surface area contributed by atoms with Gasteiger partial charge in [-0.15, -0.1) is 6.58 Å². The van der Waals surface area contributed by atoms with Crippen LogP contribution in [0.5, 0.6) is 11.5 Å². The average molecular weight is 391 g/mol. The fraction of sp³-hybridized carbons (Fsp3) is 0.130. The summed E-state index contributed by atoms with van der Waals surface area (Å²) in [4.78, 5) is 26.6. The average Bonchev–Trinajstić information content (AvgIpc) is 2.98. The maximum absolute atomic E-state index is 12.7. The van der Waals surface area contributed by atoms with Crippen LogP contribution >= 0.6 is 0 Å². The number of carbonyl (C=O) groups excluding carboxylic acids is 2. The quantitative estimate of drug-likeness (QED) is 0.326. The lowest BCUT2D eigenvalue weighted by atomic mass is 9.95. The molecule has 3 rings (SSSR count). The zero-order valence-electron chi connectivity index (χ0n) is 15.7. The van der Waals surface area contributed by atoms with E-state index in [2.05, 4.69) is 13.2 Å². The summed E-state index contributed by atoms with van der Waals surface area (Å²) in [5.41, 5.74) is 0.968. The van der Waals surface area contributed by atoms with Gasteiger partial charge < -0.3 is 19.8 Å². The fourth-order valence-corrected chi connectivity index (χ4v) is 3.23. The molecule has 1 saturated heterocycles. The third-order valence-corrected chi connectivity index (χ3v) is 4.57. The van der Waals surface area contributed by atoms with Crippen molar-refractivity contribution in [3.05, 3.63) is 90.5 Å². The number of likely N-dealkylation sites (tertiary alicyclic amines) is 1. The highest BCUT2D eigenvalue weighted by molar-refractivity contribution is 6.46. The molecule has 6 nitrogen and oxygen atoms in total. The number of hydrogen-bond donors (Lipinski definition) is 2. The van der Waals surface area contributed by atoms with Gasteiger partial charge in [-0.05, 0) is 42.0 Å². The van der Waals surface area contributed by atoms with Gasteiger partial charge in [-0.3, -0.25) is 9.59 Å². The first-order valence-electron chi connectivity index (χ1n) is 9.00. The molecule has 0 aliphatic carbocycles. The molecule has 2 aromatic carbocycles. The van der Waals surface area contributed by atoms with Crippen LogP contribution in [0.15, 0.2) is 79.4 Å². The second-order valence-electron chi connectivity index (χ2n) is 6.46. The number of hydrogen-bond acceptors (Lipinski definition) is 5. The van der Waals surface area contributed by atoms with E-state index in [1.54, 1.807) is 42.5 Å². The maximum atomic E-state index is 12.7. The lowest BCUT2D eigenvalue weighted by Gasteiger charge is -2.24. The third kappa shape index (κ3) is 3.91. The van der Waals surface area contributed by atoms with Gasteiger partial charge >= 0.3 is 0 Å². The maximum Gasteiger partial charge on any atom is 0.295 e. The summed E-state index contributed by atoms with van der Waals surface area (Å²) in [6, 6.07) is 11.9. The van der Waals surface area contributed by atoms with Crippen molar-refractivity contribution in [2.45, 2.75) is 6.04 Å². The summed E-state index contributed by atoms with van der Waals surface area (Å²) in [7, 11) is 0. The van der Waals surface area contributed by atoms with Crippen LogP contribution in [0.25, 0.3) is 5.76 Å². The SMILES string of the molecule is C=CCOc1ccc(/C(O)=C2/C(=O)C(=O)N(CC=C)C2c2ccc(O)cc2)cc1. The number of phenols is 1. The summed E-state index contributed by atoms with van der Waals surface area (Å²) in [5, 5.41) is 20.5. The highest BCUT2D eigenvalue weighted by Crippen LogP contribution is 2.39. The second-order valence-corrected chi connectivity index (χ2v) is 6.46. The molecule has 1 aliphatic rings. The number of nitrogens with zero attached hydrogens (tertiary/aromatic N) is 1. The number of benzene rings is 2. The topological polar surface area (TPSA) is 87.1 Å². The number of aliphatic hydroxyl groups excluding tert-OH is 1. The Bertz CT molecular complexity index is 973. The number of amides is 1. The van der Waals surface area contributed by atoms with Crippen LogP contribution in [0.4, 0.5) is 0 Å². The van der Waals surface area contributed by atoms with Crippen molar-refractivity contribution in [3.8, 4) is 11.5 Å². The van der Waals surface area contributed by atoms with E-state index < -0.39 is 17.7 Å². The van der Waals surface area contributed by atoms with Crippen molar-refractivity contribution in [1.82, 2.24) is 4.90 Å². The number of ketones is 1. The Morgan fingerprint density at radius 3 is 2.28 bits per heavy atom. The minimum atomic E-state index is -0.787. The smallest absolute Gasteiger partial charge is 0.295 e. The molecule has 1 amide bonds. The minimum absolute atomic E-state index is 0.0118. The summed E-state index contributed by atoms with van der Waals surface area (Å²) >= 11 is 0. The van der Waals surface area contributed by atoms with Gasteiger partial charge in [-0.1, -0.05) is 30.9 Å². The van der Waals surface area contributed by atoms with Crippen LogP contribution in [0.2, 0.25) is 0 Å². The van der Waals surface area contributed by atoms with Gasteiger partial charge in [-0.2, -0.15) is 0 Å². The van der Waals surface area contributed by atoms with Crippen LogP contribution in [0.3, 0.4) is 0 Å². The van der Waals surface area contributed by atoms with E-state index >= 15 is 0 Å². The van der Waals surface area contributed by atoms with Gasteiger partial charge in [0.1, 0.15) is 23.9 Å². The number of ether oxygens (including phenoxy) is 1. The molecule has 1 atom stereocenters. The molecule has 2 N–H and O–H groups in total. The van der Waals surface area contributed by atoms with Crippen molar-refractivity contribution in [2.24, 2.45) is 0 Å². The fourth-order valence-electron chi connectivity index (χ4n) is 3.23. The Kier molecular flexibility index (Phi) is 5.83. The van der Waals surface area contributed by atoms with Crippen molar-refractivity contribution in [2.75, 3.05) is 13.2 Å². The molecule has 6 heteroatoms. The minimum Gasteiger partial charge on any atom is -0.508 e.